The van der Waals surface area contributed by atoms with Crippen LogP contribution in [0.4, 0.5) is 0 Å². The molecule has 5 heteroatoms. The number of nitrogens with zero attached hydrogens (tertiary/aromatic N) is 2. The molecule has 0 fully saturated rings. The maximum atomic E-state index is 11.6. The highest BCUT2D eigenvalue weighted by Crippen LogP contribution is 2.16. The Morgan fingerprint density at radius 1 is 1.44 bits per heavy atom. The van der Waals surface area contributed by atoms with E-state index in [2.05, 4.69) is 4.98 Å². The number of hydrogen-bond donors (Lipinski definition) is 0. The Kier molecular flexibility index (Phi) is 3.63. The van der Waals surface area contributed by atoms with Gasteiger partial charge in [0.15, 0.2) is 0 Å². The van der Waals surface area contributed by atoms with E-state index in [1.807, 2.05) is 34.6 Å². The Labute approximate surface area is 101 Å². The van der Waals surface area contributed by atoms with Crippen molar-refractivity contribution in [2.24, 2.45) is 0 Å². The summed E-state index contributed by atoms with van der Waals surface area (Å²) >= 11 is 5.87. The van der Waals surface area contributed by atoms with Crippen molar-refractivity contribution in [2.45, 2.75) is 46.8 Å². The first-order valence-electron chi connectivity index (χ1n) is 5.12. The fourth-order valence-electron chi connectivity index (χ4n) is 1.37. The summed E-state index contributed by atoms with van der Waals surface area (Å²) in [5, 5.41) is 0.432. The zero-order valence-corrected chi connectivity index (χ0v) is 11.1. The predicted molar refractivity (Wildman–Crippen MR) is 62.6 cm³/mol. The summed E-state index contributed by atoms with van der Waals surface area (Å²) in [5.74, 6) is 0.432. The SMILES string of the molecule is Cc1nc(Cl)c(C)n1CC(=O)OC(C)(C)C. The number of aryl methyl sites for hydroxylation is 1. The molecule has 1 rings (SSSR count). The van der Waals surface area contributed by atoms with Gasteiger partial charge in [0.05, 0.1) is 5.69 Å². The number of aromatic nitrogens is 2. The lowest BCUT2D eigenvalue weighted by molar-refractivity contribution is -0.155. The molecule has 0 saturated heterocycles. The summed E-state index contributed by atoms with van der Waals surface area (Å²) < 4.78 is 6.98. The molecule has 0 aliphatic carbocycles. The molecular weight excluding hydrogens is 228 g/mol. The molecule has 0 aromatic carbocycles. The van der Waals surface area contributed by atoms with Gasteiger partial charge in [0.1, 0.15) is 23.1 Å². The van der Waals surface area contributed by atoms with Gasteiger partial charge in [-0.1, -0.05) is 11.6 Å². The molecule has 1 aromatic rings. The maximum Gasteiger partial charge on any atom is 0.326 e. The number of ether oxygens (including phenoxy) is 1. The highest BCUT2D eigenvalue weighted by molar-refractivity contribution is 6.30. The molecule has 4 nitrogen and oxygen atoms in total. The van der Waals surface area contributed by atoms with E-state index in [-0.39, 0.29) is 12.5 Å². The lowest BCUT2D eigenvalue weighted by atomic mass is 10.2. The van der Waals surface area contributed by atoms with Gasteiger partial charge in [0.2, 0.25) is 0 Å². The minimum Gasteiger partial charge on any atom is -0.459 e. The lowest BCUT2D eigenvalue weighted by Crippen LogP contribution is -2.27. The third-order valence-electron chi connectivity index (χ3n) is 2.06. The highest BCUT2D eigenvalue weighted by Gasteiger charge is 2.18. The number of carbonyl (C=O) groups excluding carboxylic acids is 1. The van der Waals surface area contributed by atoms with Crippen LogP contribution >= 0.6 is 11.6 Å². The van der Waals surface area contributed by atoms with Gasteiger partial charge in [-0.25, -0.2) is 4.98 Å². The summed E-state index contributed by atoms with van der Waals surface area (Å²) in [5.41, 5.74) is 0.313. The third-order valence-corrected chi connectivity index (χ3v) is 2.42. The molecule has 90 valence electrons. The van der Waals surface area contributed by atoms with E-state index in [1.165, 1.54) is 0 Å². The van der Waals surface area contributed by atoms with Crippen LogP contribution in [0.25, 0.3) is 0 Å². The van der Waals surface area contributed by atoms with Crippen LogP contribution in [0.2, 0.25) is 5.15 Å². The molecule has 0 N–H and O–H groups in total. The average Bonchev–Trinajstić information content (AvgIpc) is 2.29. The van der Waals surface area contributed by atoms with Crippen LogP contribution in [-0.2, 0) is 16.1 Å². The molecule has 0 amide bonds. The molecular formula is C11H17ClN2O2. The Morgan fingerprint density at radius 3 is 2.38 bits per heavy atom. The fourth-order valence-corrected chi connectivity index (χ4v) is 1.60. The average molecular weight is 245 g/mol. The van der Waals surface area contributed by atoms with Gasteiger partial charge >= 0.3 is 5.97 Å². The standard InChI is InChI=1S/C11H17ClN2O2/c1-7-10(12)13-8(2)14(7)6-9(15)16-11(3,4)5/h6H2,1-5H3. The van der Waals surface area contributed by atoms with Crippen molar-refractivity contribution in [3.05, 3.63) is 16.7 Å². The second kappa shape index (κ2) is 4.45. The van der Waals surface area contributed by atoms with Crippen LogP contribution in [0.5, 0.6) is 0 Å². The van der Waals surface area contributed by atoms with E-state index in [0.29, 0.717) is 11.0 Å². The van der Waals surface area contributed by atoms with Crippen molar-refractivity contribution in [3.8, 4) is 0 Å². The molecule has 1 heterocycles. The quantitative estimate of drug-likeness (QED) is 0.751. The zero-order chi connectivity index (χ0) is 12.5. The van der Waals surface area contributed by atoms with Crippen LogP contribution in [0.1, 0.15) is 32.3 Å². The number of carbonyl (C=O) groups is 1. The van der Waals surface area contributed by atoms with Crippen molar-refractivity contribution < 1.29 is 9.53 Å². The first kappa shape index (κ1) is 13.0. The van der Waals surface area contributed by atoms with Crippen molar-refractivity contribution in [1.29, 1.82) is 0 Å². The van der Waals surface area contributed by atoms with Crippen LogP contribution in [0.15, 0.2) is 0 Å². The smallest absolute Gasteiger partial charge is 0.326 e. The second-order valence-corrected chi connectivity index (χ2v) is 5.07. The molecule has 0 aliphatic heterocycles. The first-order valence-corrected chi connectivity index (χ1v) is 5.49. The van der Waals surface area contributed by atoms with Gasteiger partial charge in [-0.05, 0) is 34.6 Å². The Hall–Kier alpha value is -1.03. The minimum absolute atomic E-state index is 0.147. The number of hydrogen-bond acceptors (Lipinski definition) is 3. The monoisotopic (exact) mass is 244 g/mol. The van der Waals surface area contributed by atoms with Crippen molar-refractivity contribution >= 4 is 17.6 Å². The van der Waals surface area contributed by atoms with Crippen LogP contribution in [-0.4, -0.2) is 21.1 Å². The highest BCUT2D eigenvalue weighted by atomic mass is 35.5. The van der Waals surface area contributed by atoms with E-state index >= 15 is 0 Å². The van der Waals surface area contributed by atoms with Crippen molar-refractivity contribution in [1.82, 2.24) is 9.55 Å². The third kappa shape index (κ3) is 3.23. The number of esters is 1. The van der Waals surface area contributed by atoms with Gasteiger partial charge in [-0.15, -0.1) is 0 Å². The van der Waals surface area contributed by atoms with Gasteiger partial charge < -0.3 is 9.30 Å². The first-order chi connectivity index (χ1) is 7.20. The van der Waals surface area contributed by atoms with E-state index in [0.717, 1.165) is 5.69 Å². The summed E-state index contributed by atoms with van der Waals surface area (Å²) in [6, 6.07) is 0. The van der Waals surface area contributed by atoms with Crippen LogP contribution < -0.4 is 0 Å². The molecule has 1 aromatic heterocycles. The summed E-state index contributed by atoms with van der Waals surface area (Å²) in [6.07, 6.45) is 0. The van der Waals surface area contributed by atoms with E-state index in [1.54, 1.807) is 4.57 Å². The topological polar surface area (TPSA) is 44.1 Å². The molecule has 16 heavy (non-hydrogen) atoms. The van der Waals surface area contributed by atoms with E-state index in [9.17, 15) is 4.79 Å². The van der Waals surface area contributed by atoms with Gasteiger partial charge in [0.25, 0.3) is 0 Å². The molecule has 0 unspecified atom stereocenters. The molecule has 0 bridgehead atoms. The lowest BCUT2D eigenvalue weighted by Gasteiger charge is -2.20. The normalized spacial score (nSPS) is 11.6. The van der Waals surface area contributed by atoms with Crippen LogP contribution in [0.3, 0.4) is 0 Å². The van der Waals surface area contributed by atoms with Crippen molar-refractivity contribution in [3.63, 3.8) is 0 Å². The summed E-state index contributed by atoms with van der Waals surface area (Å²) in [6.45, 7) is 9.30. The van der Waals surface area contributed by atoms with Gasteiger partial charge in [-0.3, -0.25) is 4.79 Å². The van der Waals surface area contributed by atoms with Gasteiger partial charge in [-0.2, -0.15) is 0 Å². The molecule has 0 spiro atoms. The van der Waals surface area contributed by atoms with Crippen molar-refractivity contribution in [2.75, 3.05) is 0 Å². The summed E-state index contributed by atoms with van der Waals surface area (Å²) in [4.78, 5) is 15.7. The fraction of sp³-hybridized carbons (Fsp3) is 0.636. The Balaban J connectivity index is 2.78. The van der Waals surface area contributed by atoms with E-state index < -0.39 is 5.60 Å². The number of rotatable bonds is 2. The molecule has 0 saturated carbocycles. The zero-order valence-electron chi connectivity index (χ0n) is 10.3. The predicted octanol–water partition coefficient (Wildman–Crippen LogP) is 2.50. The Morgan fingerprint density at radius 2 is 2.00 bits per heavy atom. The largest absolute Gasteiger partial charge is 0.459 e. The Bertz CT molecular complexity index is 405. The van der Waals surface area contributed by atoms with E-state index in [4.69, 9.17) is 16.3 Å². The number of imidazole rings is 1. The van der Waals surface area contributed by atoms with Gasteiger partial charge in [0, 0.05) is 0 Å². The molecule has 0 radical (unpaired) electrons. The summed E-state index contributed by atoms with van der Waals surface area (Å²) in [7, 11) is 0. The molecule has 0 aliphatic rings. The molecule has 0 atom stereocenters. The number of halogens is 1. The minimum atomic E-state index is -0.469. The van der Waals surface area contributed by atoms with Crippen LogP contribution in [0, 0.1) is 13.8 Å². The maximum absolute atomic E-state index is 11.6. The second-order valence-electron chi connectivity index (χ2n) is 4.71.